The standard InChI is InChI=1S/C65H126O17P2/c1-7-10-12-14-16-18-20-25-29-36-42-48-63(68)75-53-60(81-64(69)49-43-37-30-26-22-21-23-27-33-39-45-57(4)5)55-79-83(71,72)77-51-59(66)52-78-84(73,74)80-56-61(82-65(70)50-44-38-32-31-34-40-46-58(6)9-3)54-76-62(67)47-41-35-28-24-19-17-15-13-11-8-2/h57-61,66H,7-56H2,1-6H3,(H,71,72)(H,73,74)/t58?,59-,60-,61-/m1/s1. The van der Waals surface area contributed by atoms with Crippen molar-refractivity contribution < 1.29 is 80.2 Å². The van der Waals surface area contributed by atoms with Crippen LogP contribution >= 0.6 is 15.6 Å². The number of hydrogen-bond acceptors (Lipinski definition) is 15. The molecule has 0 aromatic rings. The number of unbranched alkanes of at least 4 members (excludes halogenated alkanes) is 33. The number of aliphatic hydroxyl groups is 1. The SMILES string of the molecule is CCCCCCCCCCCCCC(=O)OC[C@H](COP(=O)(O)OC[C@@H](O)COP(=O)(O)OC[C@@H](COC(=O)CCCCCCCCCCCC)OC(=O)CCCCCCCCC(C)CC)OC(=O)CCCCCCCCCCCCC(C)C. The van der Waals surface area contributed by atoms with E-state index in [0.29, 0.717) is 25.7 Å². The molecule has 0 aromatic carbocycles. The number of hydrogen-bond donors (Lipinski definition) is 3. The van der Waals surface area contributed by atoms with Crippen molar-refractivity contribution in [3.8, 4) is 0 Å². The Morgan fingerprint density at radius 1 is 0.345 bits per heavy atom. The number of rotatable bonds is 64. The lowest BCUT2D eigenvalue weighted by Crippen LogP contribution is -2.30. The van der Waals surface area contributed by atoms with Gasteiger partial charge in [-0.1, -0.05) is 273 Å². The summed E-state index contributed by atoms with van der Waals surface area (Å²) in [6, 6.07) is 0. The van der Waals surface area contributed by atoms with E-state index in [4.69, 9.17) is 37.0 Å². The molecule has 6 atom stereocenters. The van der Waals surface area contributed by atoms with Crippen molar-refractivity contribution in [1.82, 2.24) is 0 Å². The summed E-state index contributed by atoms with van der Waals surface area (Å²) in [6.45, 7) is 9.44. The van der Waals surface area contributed by atoms with Crippen molar-refractivity contribution in [2.45, 2.75) is 342 Å². The van der Waals surface area contributed by atoms with Crippen LogP contribution in [0.2, 0.25) is 0 Å². The molecule has 0 rings (SSSR count). The minimum atomic E-state index is -4.95. The van der Waals surface area contributed by atoms with E-state index in [2.05, 4.69) is 41.5 Å². The van der Waals surface area contributed by atoms with Gasteiger partial charge < -0.3 is 33.8 Å². The van der Waals surface area contributed by atoms with Crippen LogP contribution in [0.4, 0.5) is 0 Å². The highest BCUT2D eigenvalue weighted by Gasteiger charge is 2.30. The summed E-state index contributed by atoms with van der Waals surface area (Å²) in [5.41, 5.74) is 0. The molecule has 0 aliphatic heterocycles. The summed E-state index contributed by atoms with van der Waals surface area (Å²) in [5, 5.41) is 10.5. The van der Waals surface area contributed by atoms with E-state index in [1.54, 1.807) is 0 Å². The molecule has 0 saturated heterocycles. The Morgan fingerprint density at radius 3 is 0.905 bits per heavy atom. The summed E-state index contributed by atoms with van der Waals surface area (Å²) < 4.78 is 68.0. The first-order valence-corrected chi connectivity index (χ1v) is 37.0. The molecular weight excluding hydrogens is 1110 g/mol. The van der Waals surface area contributed by atoms with Crippen molar-refractivity contribution in [1.29, 1.82) is 0 Å². The van der Waals surface area contributed by atoms with Gasteiger partial charge in [0.2, 0.25) is 0 Å². The molecule has 0 aromatic heterocycles. The number of carbonyl (C=O) groups is 4. The summed E-state index contributed by atoms with van der Waals surface area (Å²) >= 11 is 0. The fourth-order valence-corrected chi connectivity index (χ4v) is 11.3. The van der Waals surface area contributed by atoms with Crippen molar-refractivity contribution in [3.63, 3.8) is 0 Å². The monoisotopic (exact) mass is 1240 g/mol. The second-order valence-corrected chi connectivity index (χ2v) is 27.1. The van der Waals surface area contributed by atoms with Crippen molar-refractivity contribution in [2.24, 2.45) is 11.8 Å². The van der Waals surface area contributed by atoms with E-state index in [0.717, 1.165) is 102 Å². The molecule has 0 bridgehead atoms. The van der Waals surface area contributed by atoms with Crippen molar-refractivity contribution >= 4 is 39.5 Å². The molecule has 0 heterocycles. The van der Waals surface area contributed by atoms with Gasteiger partial charge in [-0.25, -0.2) is 9.13 Å². The highest BCUT2D eigenvalue weighted by atomic mass is 31.2. The van der Waals surface area contributed by atoms with Crippen LogP contribution in [0.3, 0.4) is 0 Å². The number of esters is 4. The second kappa shape index (κ2) is 57.5. The van der Waals surface area contributed by atoms with Crippen molar-refractivity contribution in [3.05, 3.63) is 0 Å². The lowest BCUT2D eigenvalue weighted by Gasteiger charge is -2.21. The number of phosphoric acid groups is 2. The Kier molecular flexibility index (Phi) is 56.2. The molecule has 3 unspecified atom stereocenters. The van der Waals surface area contributed by atoms with Crippen LogP contribution in [0, 0.1) is 11.8 Å². The number of aliphatic hydroxyl groups excluding tert-OH is 1. The fourth-order valence-electron chi connectivity index (χ4n) is 9.68. The number of phosphoric ester groups is 2. The maximum absolute atomic E-state index is 13.0. The predicted octanol–water partition coefficient (Wildman–Crippen LogP) is 18.0. The zero-order valence-corrected chi connectivity index (χ0v) is 56.0. The Bertz CT molecular complexity index is 1650. The largest absolute Gasteiger partial charge is 0.472 e. The topological polar surface area (TPSA) is 237 Å². The van der Waals surface area contributed by atoms with Crippen LogP contribution < -0.4 is 0 Å². The van der Waals surface area contributed by atoms with Gasteiger partial charge in [0, 0.05) is 25.7 Å². The van der Waals surface area contributed by atoms with Gasteiger partial charge in [0.15, 0.2) is 12.2 Å². The Balaban J connectivity index is 5.25. The van der Waals surface area contributed by atoms with Crippen LogP contribution in [0.5, 0.6) is 0 Å². The van der Waals surface area contributed by atoms with E-state index >= 15 is 0 Å². The third-order valence-corrected chi connectivity index (χ3v) is 17.2. The molecule has 3 N–H and O–H groups in total. The zero-order valence-electron chi connectivity index (χ0n) is 54.2. The molecule has 0 aliphatic rings. The molecule has 498 valence electrons. The van der Waals surface area contributed by atoms with Gasteiger partial charge in [-0.05, 0) is 37.5 Å². The van der Waals surface area contributed by atoms with Crippen molar-refractivity contribution in [2.75, 3.05) is 39.6 Å². The maximum Gasteiger partial charge on any atom is 0.472 e. The average molecular weight is 1240 g/mol. The quantitative estimate of drug-likeness (QED) is 0.0222. The summed E-state index contributed by atoms with van der Waals surface area (Å²) in [5.74, 6) is -0.661. The Hall–Kier alpha value is -1.94. The highest BCUT2D eigenvalue weighted by molar-refractivity contribution is 7.47. The highest BCUT2D eigenvalue weighted by Crippen LogP contribution is 2.45. The minimum absolute atomic E-state index is 0.103. The lowest BCUT2D eigenvalue weighted by molar-refractivity contribution is -0.161. The molecular formula is C65H126O17P2. The van der Waals surface area contributed by atoms with Crippen LogP contribution in [0.25, 0.3) is 0 Å². The summed E-state index contributed by atoms with van der Waals surface area (Å²) in [7, 11) is -9.89. The minimum Gasteiger partial charge on any atom is -0.462 e. The van der Waals surface area contributed by atoms with Gasteiger partial charge in [0.05, 0.1) is 26.4 Å². The fraction of sp³-hybridized carbons (Fsp3) is 0.938. The predicted molar refractivity (Wildman–Crippen MR) is 335 cm³/mol. The van der Waals surface area contributed by atoms with Gasteiger partial charge in [0.1, 0.15) is 19.3 Å². The smallest absolute Gasteiger partial charge is 0.462 e. The van der Waals surface area contributed by atoms with Gasteiger partial charge in [-0.15, -0.1) is 0 Å². The summed E-state index contributed by atoms with van der Waals surface area (Å²) in [6.07, 6.45) is 40.2. The second-order valence-electron chi connectivity index (χ2n) is 24.2. The number of ether oxygens (including phenoxy) is 4. The van der Waals surface area contributed by atoms with E-state index < -0.39 is 97.5 Å². The van der Waals surface area contributed by atoms with Gasteiger partial charge in [0.25, 0.3) is 0 Å². The molecule has 0 aliphatic carbocycles. The van der Waals surface area contributed by atoms with E-state index in [-0.39, 0.29) is 25.7 Å². The summed E-state index contributed by atoms with van der Waals surface area (Å²) in [4.78, 5) is 72.2. The van der Waals surface area contributed by atoms with E-state index in [1.165, 1.54) is 141 Å². The molecule has 0 amide bonds. The van der Waals surface area contributed by atoms with Gasteiger partial charge >= 0.3 is 39.5 Å². The van der Waals surface area contributed by atoms with E-state index in [1.807, 2.05) is 0 Å². The molecule has 19 heteroatoms. The normalized spacial score (nSPS) is 14.6. The molecule has 84 heavy (non-hydrogen) atoms. The molecule has 17 nitrogen and oxygen atoms in total. The maximum atomic E-state index is 13.0. The third kappa shape index (κ3) is 57.8. The first-order chi connectivity index (χ1) is 40.4. The van der Waals surface area contributed by atoms with Crippen LogP contribution in [0.15, 0.2) is 0 Å². The molecule has 0 spiro atoms. The van der Waals surface area contributed by atoms with Gasteiger partial charge in [-0.2, -0.15) is 0 Å². The molecule has 0 radical (unpaired) electrons. The van der Waals surface area contributed by atoms with Crippen LogP contribution in [0.1, 0.15) is 324 Å². The Morgan fingerprint density at radius 2 is 0.607 bits per heavy atom. The van der Waals surface area contributed by atoms with E-state index in [9.17, 15) is 43.2 Å². The average Bonchev–Trinajstić information content (AvgIpc) is 3.59. The van der Waals surface area contributed by atoms with Crippen LogP contribution in [-0.2, 0) is 65.4 Å². The zero-order chi connectivity index (χ0) is 62.2. The lowest BCUT2D eigenvalue weighted by atomic mass is 10.00. The van der Waals surface area contributed by atoms with Crippen LogP contribution in [-0.4, -0.2) is 96.7 Å². The number of carbonyl (C=O) groups excluding carboxylic acids is 4. The first-order valence-electron chi connectivity index (χ1n) is 34.0. The first kappa shape index (κ1) is 82.1. The Labute approximate surface area is 511 Å². The molecule has 0 fully saturated rings. The molecule has 0 saturated carbocycles. The third-order valence-electron chi connectivity index (χ3n) is 15.3. The van der Waals surface area contributed by atoms with Gasteiger partial charge in [-0.3, -0.25) is 37.3 Å².